The third-order valence-corrected chi connectivity index (χ3v) is 4.77. The summed E-state index contributed by atoms with van der Waals surface area (Å²) in [6.45, 7) is 7.96. The van der Waals surface area contributed by atoms with E-state index in [4.69, 9.17) is 0 Å². The van der Waals surface area contributed by atoms with E-state index >= 15 is 0 Å². The van der Waals surface area contributed by atoms with E-state index in [0.717, 1.165) is 54.9 Å². The van der Waals surface area contributed by atoms with Crippen LogP contribution in [0.4, 0.5) is 0 Å². The number of carbonyl (C=O) groups is 1. The molecule has 1 amide bonds. The van der Waals surface area contributed by atoms with Crippen LogP contribution >= 0.6 is 15.9 Å². The van der Waals surface area contributed by atoms with Crippen molar-refractivity contribution < 1.29 is 4.79 Å². The van der Waals surface area contributed by atoms with Crippen LogP contribution in [-0.4, -0.2) is 52.2 Å². The summed E-state index contributed by atoms with van der Waals surface area (Å²) in [5.74, 6) is 0.236. The fraction of sp³-hybridized carbons (Fsp3) is 0.714. The van der Waals surface area contributed by atoms with Gasteiger partial charge < -0.3 is 4.90 Å². The molecular weight excluding hydrogens is 320 g/mol. The molecule has 112 valence electrons. The third kappa shape index (κ3) is 3.41. The summed E-state index contributed by atoms with van der Waals surface area (Å²) in [7, 11) is 1.99. The van der Waals surface area contributed by atoms with Gasteiger partial charge in [0.2, 0.25) is 5.91 Å². The number of likely N-dealkylation sites (tertiary alicyclic amines) is 1. The van der Waals surface area contributed by atoms with Crippen molar-refractivity contribution in [2.75, 3.05) is 26.7 Å². The first kappa shape index (κ1) is 15.5. The van der Waals surface area contributed by atoms with Gasteiger partial charge in [-0.15, -0.1) is 0 Å². The van der Waals surface area contributed by atoms with Gasteiger partial charge in [-0.3, -0.25) is 14.4 Å². The maximum absolute atomic E-state index is 12.1. The largest absolute Gasteiger partial charge is 0.342 e. The summed E-state index contributed by atoms with van der Waals surface area (Å²) in [5.41, 5.74) is 2.14. The zero-order chi connectivity index (χ0) is 14.7. The molecule has 5 nitrogen and oxygen atoms in total. The van der Waals surface area contributed by atoms with Gasteiger partial charge in [-0.1, -0.05) is 0 Å². The van der Waals surface area contributed by atoms with Crippen molar-refractivity contribution in [3.8, 4) is 0 Å². The van der Waals surface area contributed by atoms with Gasteiger partial charge in [0.1, 0.15) is 0 Å². The van der Waals surface area contributed by atoms with Gasteiger partial charge >= 0.3 is 0 Å². The van der Waals surface area contributed by atoms with Crippen molar-refractivity contribution in [2.45, 2.75) is 39.8 Å². The molecule has 1 aromatic heterocycles. The number of amides is 1. The Hall–Kier alpha value is -0.880. The van der Waals surface area contributed by atoms with Crippen molar-refractivity contribution in [1.29, 1.82) is 0 Å². The average Bonchev–Trinajstić information content (AvgIpc) is 3.02. The van der Waals surface area contributed by atoms with Crippen LogP contribution in [0.15, 0.2) is 4.47 Å². The minimum Gasteiger partial charge on any atom is -0.342 e. The van der Waals surface area contributed by atoms with Crippen molar-refractivity contribution in [3.05, 3.63) is 15.9 Å². The number of aromatic nitrogens is 2. The van der Waals surface area contributed by atoms with Gasteiger partial charge in [0.25, 0.3) is 0 Å². The molecule has 0 atom stereocenters. The molecule has 0 aliphatic carbocycles. The molecule has 1 aromatic rings. The third-order valence-electron chi connectivity index (χ3n) is 3.74. The molecule has 0 radical (unpaired) electrons. The number of rotatable bonds is 5. The first-order valence-corrected chi connectivity index (χ1v) is 8.00. The summed E-state index contributed by atoms with van der Waals surface area (Å²) < 4.78 is 3.05. The van der Waals surface area contributed by atoms with Gasteiger partial charge in [0.05, 0.1) is 22.4 Å². The highest BCUT2D eigenvalue weighted by molar-refractivity contribution is 9.10. The lowest BCUT2D eigenvalue weighted by Gasteiger charge is -2.21. The van der Waals surface area contributed by atoms with Crippen LogP contribution in [0.2, 0.25) is 0 Å². The Morgan fingerprint density at radius 1 is 1.40 bits per heavy atom. The molecule has 1 aliphatic heterocycles. The molecule has 2 rings (SSSR count). The Kier molecular flexibility index (Phi) is 5.21. The second kappa shape index (κ2) is 6.72. The molecule has 0 saturated carbocycles. The molecule has 0 unspecified atom stereocenters. The van der Waals surface area contributed by atoms with Crippen LogP contribution < -0.4 is 0 Å². The molecule has 0 aromatic carbocycles. The predicted molar refractivity (Wildman–Crippen MR) is 82.5 cm³/mol. The van der Waals surface area contributed by atoms with E-state index in [9.17, 15) is 4.79 Å². The zero-order valence-corrected chi connectivity index (χ0v) is 14.1. The van der Waals surface area contributed by atoms with Gasteiger partial charge in [-0.05, 0) is 49.7 Å². The fourth-order valence-electron chi connectivity index (χ4n) is 2.63. The van der Waals surface area contributed by atoms with E-state index < -0.39 is 0 Å². The van der Waals surface area contributed by atoms with Crippen molar-refractivity contribution in [3.63, 3.8) is 0 Å². The van der Waals surface area contributed by atoms with E-state index in [1.807, 2.05) is 23.6 Å². The Morgan fingerprint density at radius 3 is 2.65 bits per heavy atom. The first-order valence-electron chi connectivity index (χ1n) is 7.21. The molecule has 6 heteroatoms. The molecule has 20 heavy (non-hydrogen) atoms. The summed E-state index contributed by atoms with van der Waals surface area (Å²) in [5, 5.41) is 4.49. The number of hydrogen-bond acceptors (Lipinski definition) is 3. The molecule has 0 spiro atoms. The van der Waals surface area contributed by atoms with Crippen LogP contribution in [0.5, 0.6) is 0 Å². The number of aryl methyl sites for hydroxylation is 2. The normalized spacial score (nSPS) is 15.3. The number of likely N-dealkylation sites (N-methyl/N-ethyl adjacent to an activating group) is 1. The van der Waals surface area contributed by atoms with Crippen LogP contribution in [0, 0.1) is 6.92 Å². The maximum atomic E-state index is 12.1. The van der Waals surface area contributed by atoms with Gasteiger partial charge in [-0.25, -0.2) is 0 Å². The lowest BCUT2D eigenvalue weighted by Crippen LogP contribution is -2.37. The Bertz CT molecular complexity index is 480. The fourth-order valence-corrected chi connectivity index (χ4v) is 3.04. The zero-order valence-electron chi connectivity index (χ0n) is 12.5. The first-order chi connectivity index (χ1) is 9.52. The lowest BCUT2D eigenvalue weighted by molar-refractivity contribution is -0.131. The van der Waals surface area contributed by atoms with Gasteiger partial charge in [-0.2, -0.15) is 5.10 Å². The summed E-state index contributed by atoms with van der Waals surface area (Å²) in [4.78, 5) is 16.2. The molecule has 0 N–H and O–H groups in total. The van der Waals surface area contributed by atoms with Crippen molar-refractivity contribution >= 4 is 21.8 Å². The second-order valence-corrected chi connectivity index (χ2v) is 6.22. The van der Waals surface area contributed by atoms with E-state index in [-0.39, 0.29) is 5.91 Å². The van der Waals surface area contributed by atoms with Gasteiger partial charge in [0.15, 0.2) is 0 Å². The summed E-state index contributed by atoms with van der Waals surface area (Å²) in [6, 6.07) is 0. The number of nitrogens with zero attached hydrogens (tertiary/aromatic N) is 4. The molecule has 1 fully saturated rings. The predicted octanol–water partition coefficient (Wildman–Crippen LogP) is 2.03. The molecule has 0 bridgehead atoms. The maximum Gasteiger partial charge on any atom is 0.236 e. The molecule has 1 saturated heterocycles. The number of halogens is 1. The standard InChI is InChI=1S/C14H23BrN4O/c1-4-19-12(14(15)11(2)16-19)9-17(3)10-13(20)18-7-5-6-8-18/h4-10H2,1-3H3. The SMILES string of the molecule is CCn1nc(C)c(Br)c1CN(C)CC(=O)N1CCCC1. The van der Waals surface area contributed by atoms with Crippen molar-refractivity contribution in [2.24, 2.45) is 0 Å². The quantitative estimate of drug-likeness (QED) is 0.822. The minimum absolute atomic E-state index is 0.236. The van der Waals surface area contributed by atoms with E-state index in [1.54, 1.807) is 0 Å². The van der Waals surface area contributed by atoms with Crippen LogP contribution in [0.1, 0.15) is 31.2 Å². The molecule has 1 aliphatic rings. The summed E-state index contributed by atoms with van der Waals surface area (Å²) >= 11 is 3.60. The highest BCUT2D eigenvalue weighted by atomic mass is 79.9. The van der Waals surface area contributed by atoms with Crippen molar-refractivity contribution in [1.82, 2.24) is 19.6 Å². The highest BCUT2D eigenvalue weighted by Crippen LogP contribution is 2.22. The summed E-state index contributed by atoms with van der Waals surface area (Å²) in [6.07, 6.45) is 2.28. The molecular formula is C14H23BrN4O. The van der Waals surface area contributed by atoms with E-state index in [1.165, 1.54) is 0 Å². The number of hydrogen-bond donors (Lipinski definition) is 0. The number of carbonyl (C=O) groups excluding carboxylic acids is 1. The van der Waals surface area contributed by atoms with E-state index in [0.29, 0.717) is 6.54 Å². The lowest BCUT2D eigenvalue weighted by atomic mass is 10.3. The monoisotopic (exact) mass is 342 g/mol. The van der Waals surface area contributed by atoms with Crippen LogP contribution in [0.3, 0.4) is 0 Å². The van der Waals surface area contributed by atoms with Gasteiger partial charge in [0, 0.05) is 26.2 Å². The highest BCUT2D eigenvalue weighted by Gasteiger charge is 2.20. The molecule has 2 heterocycles. The smallest absolute Gasteiger partial charge is 0.236 e. The Balaban J connectivity index is 1.97. The Morgan fingerprint density at radius 2 is 2.05 bits per heavy atom. The minimum atomic E-state index is 0.236. The van der Waals surface area contributed by atoms with Crippen LogP contribution in [0.25, 0.3) is 0 Å². The van der Waals surface area contributed by atoms with E-state index in [2.05, 4.69) is 32.9 Å². The topological polar surface area (TPSA) is 41.4 Å². The van der Waals surface area contributed by atoms with Crippen LogP contribution in [-0.2, 0) is 17.9 Å². The average molecular weight is 343 g/mol. The Labute approximate surface area is 129 Å². The second-order valence-electron chi connectivity index (χ2n) is 5.42.